The van der Waals surface area contributed by atoms with E-state index in [2.05, 4.69) is 0 Å². The van der Waals surface area contributed by atoms with Gasteiger partial charge >= 0.3 is 5.97 Å². The van der Waals surface area contributed by atoms with Gasteiger partial charge in [-0.2, -0.15) is 0 Å². The van der Waals surface area contributed by atoms with Crippen LogP contribution in [0.25, 0.3) is 0 Å². The van der Waals surface area contributed by atoms with E-state index in [1.807, 2.05) is 13.8 Å². The minimum Gasteiger partial charge on any atom is -0.491 e. The summed E-state index contributed by atoms with van der Waals surface area (Å²) in [4.78, 5) is 22.8. The van der Waals surface area contributed by atoms with Crippen LogP contribution in [-0.4, -0.2) is 30.1 Å². The first-order valence-electron chi connectivity index (χ1n) is 6.55. The number of hydrogen-bond donors (Lipinski definition) is 1. The van der Waals surface area contributed by atoms with Gasteiger partial charge in [-0.05, 0) is 38.5 Å². The van der Waals surface area contributed by atoms with Crippen LogP contribution in [0.5, 0.6) is 5.75 Å². The molecule has 1 rings (SSSR count). The smallest absolute Gasteiger partial charge is 0.310 e. The van der Waals surface area contributed by atoms with Gasteiger partial charge in [0, 0.05) is 11.1 Å². The highest BCUT2D eigenvalue weighted by atomic mass is 16.5. The van der Waals surface area contributed by atoms with Crippen LogP contribution in [0.3, 0.4) is 0 Å². The quantitative estimate of drug-likeness (QED) is 0.610. The molecule has 0 unspecified atom stereocenters. The number of carbonyl (C=O) groups is 2. The summed E-state index contributed by atoms with van der Waals surface area (Å²) >= 11 is 0. The molecule has 0 amide bonds. The number of ether oxygens (including phenoxy) is 2. The van der Waals surface area contributed by atoms with Gasteiger partial charge < -0.3 is 14.6 Å². The molecule has 1 aromatic carbocycles. The summed E-state index contributed by atoms with van der Waals surface area (Å²) in [5, 5.41) is 9.21. The summed E-state index contributed by atoms with van der Waals surface area (Å²) in [6, 6.07) is 3.19. The SMILES string of the molecule is CCOC(=O)Cc1c(C=O)cc(CO)cc1OC(C)C. The van der Waals surface area contributed by atoms with Gasteiger partial charge in [0.1, 0.15) is 12.0 Å². The van der Waals surface area contributed by atoms with Crippen molar-refractivity contribution < 1.29 is 24.2 Å². The predicted octanol–water partition coefficient (Wildman–Crippen LogP) is 1.88. The molecule has 1 N–H and O–H groups in total. The minimum atomic E-state index is -0.416. The molecule has 0 aliphatic carbocycles. The van der Waals surface area contributed by atoms with Crippen LogP contribution >= 0.6 is 0 Å². The first-order chi connectivity index (χ1) is 9.51. The molecule has 0 aliphatic rings. The van der Waals surface area contributed by atoms with E-state index in [0.717, 1.165) is 0 Å². The van der Waals surface area contributed by atoms with Crippen molar-refractivity contribution in [2.24, 2.45) is 0 Å². The third-order valence-corrected chi connectivity index (χ3v) is 2.60. The Labute approximate surface area is 118 Å². The molecule has 5 heteroatoms. The number of esters is 1. The van der Waals surface area contributed by atoms with E-state index in [1.165, 1.54) is 0 Å². The van der Waals surface area contributed by atoms with Gasteiger partial charge in [0.15, 0.2) is 0 Å². The average molecular weight is 280 g/mol. The second-order valence-electron chi connectivity index (χ2n) is 4.59. The van der Waals surface area contributed by atoms with Crippen molar-refractivity contribution >= 4 is 12.3 Å². The summed E-state index contributed by atoms with van der Waals surface area (Å²) in [5.41, 5.74) is 1.39. The van der Waals surface area contributed by atoms with E-state index < -0.39 is 5.97 Å². The van der Waals surface area contributed by atoms with E-state index in [-0.39, 0.29) is 25.7 Å². The first-order valence-corrected chi connectivity index (χ1v) is 6.55. The van der Waals surface area contributed by atoms with E-state index in [4.69, 9.17) is 9.47 Å². The number of hydrogen-bond acceptors (Lipinski definition) is 5. The molecule has 110 valence electrons. The molecule has 0 aromatic heterocycles. The second kappa shape index (κ2) is 7.65. The van der Waals surface area contributed by atoms with E-state index in [0.29, 0.717) is 28.7 Å². The standard InChI is InChI=1S/C15H20O5/c1-4-19-15(18)7-13-12(9-17)5-11(8-16)6-14(13)20-10(2)3/h5-6,9-10,16H,4,7-8H2,1-3H3. The number of benzene rings is 1. The Kier molecular flexibility index (Phi) is 6.18. The summed E-state index contributed by atoms with van der Waals surface area (Å²) in [6.45, 7) is 5.50. The zero-order valence-corrected chi connectivity index (χ0v) is 12.0. The lowest BCUT2D eigenvalue weighted by molar-refractivity contribution is -0.142. The maximum atomic E-state index is 11.6. The molecule has 20 heavy (non-hydrogen) atoms. The fourth-order valence-corrected chi connectivity index (χ4v) is 1.83. The molecule has 5 nitrogen and oxygen atoms in total. The summed E-state index contributed by atoms with van der Waals surface area (Å²) in [5.74, 6) is 0.0163. The molecular weight excluding hydrogens is 260 g/mol. The highest BCUT2D eigenvalue weighted by Crippen LogP contribution is 2.26. The van der Waals surface area contributed by atoms with Gasteiger partial charge in [-0.25, -0.2) is 0 Å². The molecule has 0 spiro atoms. The Balaban J connectivity index is 3.21. The van der Waals surface area contributed by atoms with Gasteiger partial charge in [-0.1, -0.05) is 0 Å². The van der Waals surface area contributed by atoms with Crippen LogP contribution in [0.4, 0.5) is 0 Å². The van der Waals surface area contributed by atoms with Gasteiger partial charge in [0.05, 0.1) is 25.7 Å². The highest BCUT2D eigenvalue weighted by Gasteiger charge is 2.17. The zero-order valence-electron chi connectivity index (χ0n) is 12.0. The number of rotatable bonds is 7. The molecular formula is C15H20O5. The highest BCUT2D eigenvalue weighted by molar-refractivity contribution is 5.84. The summed E-state index contributed by atoms with van der Waals surface area (Å²) < 4.78 is 10.5. The molecule has 0 fully saturated rings. The number of aliphatic hydroxyl groups excluding tert-OH is 1. The molecule has 0 saturated heterocycles. The topological polar surface area (TPSA) is 72.8 Å². The first kappa shape index (κ1) is 16.2. The second-order valence-corrected chi connectivity index (χ2v) is 4.59. The molecule has 0 saturated carbocycles. The van der Waals surface area contributed by atoms with E-state index >= 15 is 0 Å². The Morgan fingerprint density at radius 3 is 2.60 bits per heavy atom. The van der Waals surface area contributed by atoms with Crippen molar-refractivity contribution in [1.29, 1.82) is 0 Å². The Morgan fingerprint density at radius 1 is 1.40 bits per heavy atom. The van der Waals surface area contributed by atoms with Crippen molar-refractivity contribution in [2.75, 3.05) is 6.61 Å². The number of aldehydes is 1. The predicted molar refractivity (Wildman–Crippen MR) is 73.9 cm³/mol. The van der Waals surface area contributed by atoms with E-state index in [1.54, 1.807) is 19.1 Å². The van der Waals surface area contributed by atoms with Crippen LogP contribution in [0.2, 0.25) is 0 Å². The lowest BCUT2D eigenvalue weighted by Crippen LogP contribution is -2.14. The van der Waals surface area contributed by atoms with Crippen LogP contribution < -0.4 is 4.74 Å². The Morgan fingerprint density at radius 2 is 2.10 bits per heavy atom. The third kappa shape index (κ3) is 4.35. The van der Waals surface area contributed by atoms with Gasteiger partial charge in [-0.15, -0.1) is 0 Å². The van der Waals surface area contributed by atoms with Crippen molar-refractivity contribution in [2.45, 2.75) is 39.9 Å². The molecule has 0 heterocycles. The normalized spacial score (nSPS) is 10.4. The maximum Gasteiger partial charge on any atom is 0.310 e. The number of aliphatic hydroxyl groups is 1. The van der Waals surface area contributed by atoms with Crippen molar-refractivity contribution in [1.82, 2.24) is 0 Å². The average Bonchev–Trinajstić information content (AvgIpc) is 2.40. The molecule has 1 aromatic rings. The number of carbonyl (C=O) groups excluding carboxylic acids is 2. The van der Waals surface area contributed by atoms with Crippen LogP contribution in [0, 0.1) is 0 Å². The fraction of sp³-hybridized carbons (Fsp3) is 0.467. The van der Waals surface area contributed by atoms with Crippen molar-refractivity contribution in [3.05, 3.63) is 28.8 Å². The van der Waals surface area contributed by atoms with Crippen LogP contribution in [0.1, 0.15) is 42.3 Å². The molecule has 0 aliphatic heterocycles. The van der Waals surface area contributed by atoms with Crippen LogP contribution in [-0.2, 0) is 22.6 Å². The Hall–Kier alpha value is -1.88. The Bertz CT molecular complexity index is 479. The largest absolute Gasteiger partial charge is 0.491 e. The molecule has 0 atom stereocenters. The summed E-state index contributed by atoms with van der Waals surface area (Å²) in [7, 11) is 0. The summed E-state index contributed by atoms with van der Waals surface area (Å²) in [6.07, 6.45) is 0.515. The zero-order chi connectivity index (χ0) is 15.1. The molecule has 0 bridgehead atoms. The maximum absolute atomic E-state index is 11.6. The van der Waals surface area contributed by atoms with Gasteiger partial charge in [0.25, 0.3) is 0 Å². The van der Waals surface area contributed by atoms with Gasteiger partial charge in [0.2, 0.25) is 0 Å². The van der Waals surface area contributed by atoms with Crippen molar-refractivity contribution in [3.63, 3.8) is 0 Å². The third-order valence-electron chi connectivity index (χ3n) is 2.60. The van der Waals surface area contributed by atoms with E-state index in [9.17, 15) is 14.7 Å². The monoisotopic (exact) mass is 280 g/mol. The lowest BCUT2D eigenvalue weighted by atomic mass is 10.0. The van der Waals surface area contributed by atoms with Crippen molar-refractivity contribution in [3.8, 4) is 5.75 Å². The minimum absolute atomic E-state index is 0.0321. The fourth-order valence-electron chi connectivity index (χ4n) is 1.83. The lowest BCUT2D eigenvalue weighted by Gasteiger charge is -2.17. The van der Waals surface area contributed by atoms with Crippen LogP contribution in [0.15, 0.2) is 12.1 Å². The molecule has 0 radical (unpaired) electrons. The van der Waals surface area contributed by atoms with Gasteiger partial charge in [-0.3, -0.25) is 9.59 Å².